The van der Waals surface area contributed by atoms with E-state index in [0.717, 1.165) is 0 Å². The quantitative estimate of drug-likeness (QED) is 0.640. The number of anilines is 1. The van der Waals surface area contributed by atoms with Crippen LogP contribution in [0.5, 0.6) is 0 Å². The Kier molecular flexibility index (Phi) is 2.85. The molecule has 0 amide bonds. The lowest BCUT2D eigenvalue weighted by Gasteiger charge is -2.24. The number of nitrogen functional groups attached to an aromatic ring is 1. The molecule has 3 atom stereocenters. The monoisotopic (exact) mass is 283 g/mol. The van der Waals surface area contributed by atoms with Crippen LogP contribution in [-0.4, -0.2) is 48.0 Å². The van der Waals surface area contributed by atoms with Gasteiger partial charge in [-0.3, -0.25) is 4.57 Å². The Hall–Kier alpha value is -1.84. The van der Waals surface area contributed by atoms with Crippen LogP contribution in [0.25, 0.3) is 11.2 Å². The van der Waals surface area contributed by atoms with Crippen molar-refractivity contribution in [3.8, 4) is 0 Å². The van der Waals surface area contributed by atoms with Crippen LogP contribution < -0.4 is 5.73 Å². The van der Waals surface area contributed by atoms with Crippen molar-refractivity contribution in [2.45, 2.75) is 31.3 Å². The molecule has 2 aromatic heterocycles. The zero-order chi connectivity index (χ0) is 14.5. The van der Waals surface area contributed by atoms with Gasteiger partial charge < -0.3 is 20.7 Å². The van der Waals surface area contributed by atoms with Gasteiger partial charge in [-0.25, -0.2) is 4.98 Å². The Labute approximate surface area is 113 Å². The smallest absolute Gasteiger partial charge is 0.312 e. The van der Waals surface area contributed by atoms with Crippen molar-refractivity contribution in [2.24, 2.45) is 0 Å². The number of halogens is 1. The van der Waals surface area contributed by atoms with Gasteiger partial charge in [0.1, 0.15) is 11.8 Å². The van der Waals surface area contributed by atoms with Gasteiger partial charge in [0, 0.05) is 6.42 Å². The van der Waals surface area contributed by atoms with Crippen LogP contribution in [-0.2, 0) is 4.74 Å². The van der Waals surface area contributed by atoms with Gasteiger partial charge in [-0.2, -0.15) is 14.4 Å². The number of imidazole rings is 1. The molecule has 3 heterocycles. The summed E-state index contributed by atoms with van der Waals surface area (Å²) in [5.41, 5.74) is 4.96. The highest BCUT2D eigenvalue weighted by atomic mass is 19.1. The lowest BCUT2D eigenvalue weighted by atomic mass is 10.0. The summed E-state index contributed by atoms with van der Waals surface area (Å²) in [5.74, 6) is -0.0604. The average molecular weight is 283 g/mol. The van der Waals surface area contributed by atoms with Crippen molar-refractivity contribution >= 4 is 17.0 Å². The Bertz CT molecular complexity index is 663. The van der Waals surface area contributed by atoms with Crippen LogP contribution >= 0.6 is 0 Å². The van der Waals surface area contributed by atoms with E-state index in [2.05, 4.69) is 15.0 Å². The molecule has 0 saturated carbocycles. The minimum atomic E-state index is -1.07. The van der Waals surface area contributed by atoms with Crippen molar-refractivity contribution < 1.29 is 19.3 Å². The number of hydrogen-bond acceptors (Lipinski definition) is 7. The highest BCUT2D eigenvalue weighted by molar-refractivity contribution is 5.81. The number of aromatic nitrogens is 4. The third-order valence-electron chi connectivity index (χ3n) is 3.58. The molecule has 3 rings (SSSR count). The summed E-state index contributed by atoms with van der Waals surface area (Å²) in [5, 5.41) is 19.2. The summed E-state index contributed by atoms with van der Waals surface area (Å²) in [7, 11) is 0. The Morgan fingerprint density at radius 2 is 2.35 bits per heavy atom. The third kappa shape index (κ3) is 1.82. The van der Waals surface area contributed by atoms with Crippen LogP contribution in [0, 0.1) is 6.08 Å². The summed E-state index contributed by atoms with van der Waals surface area (Å²) in [6.07, 6.45) is -0.788. The summed E-state index contributed by atoms with van der Waals surface area (Å²) < 4.78 is 20.4. The van der Waals surface area contributed by atoms with Crippen LogP contribution in [0.1, 0.15) is 19.6 Å². The van der Waals surface area contributed by atoms with Crippen molar-refractivity contribution in [3.63, 3.8) is 0 Å². The first kappa shape index (κ1) is 13.2. The molecule has 1 aliphatic rings. The van der Waals surface area contributed by atoms with Crippen LogP contribution in [0.3, 0.4) is 0 Å². The predicted molar refractivity (Wildman–Crippen MR) is 65.9 cm³/mol. The molecule has 8 nitrogen and oxygen atoms in total. The number of hydrogen-bond donors (Lipinski definition) is 3. The molecule has 3 unspecified atom stereocenters. The minimum Gasteiger partial charge on any atom is -0.393 e. The molecule has 0 radical (unpaired) electrons. The summed E-state index contributed by atoms with van der Waals surface area (Å²) in [6, 6.07) is 0. The Morgan fingerprint density at radius 3 is 3.00 bits per heavy atom. The first-order valence-corrected chi connectivity index (χ1v) is 6.07. The van der Waals surface area contributed by atoms with E-state index in [9.17, 15) is 14.6 Å². The number of fused-ring (bicyclic) bond motifs is 1. The summed E-state index contributed by atoms with van der Waals surface area (Å²) in [4.78, 5) is 11.1. The fraction of sp³-hybridized carbons (Fsp3) is 0.545. The fourth-order valence-corrected chi connectivity index (χ4v) is 2.31. The van der Waals surface area contributed by atoms with E-state index < -0.39 is 24.0 Å². The highest BCUT2D eigenvalue weighted by Crippen LogP contribution is 2.37. The molecule has 4 N–H and O–H groups in total. The zero-order valence-electron chi connectivity index (χ0n) is 10.7. The van der Waals surface area contributed by atoms with E-state index in [1.165, 1.54) is 10.9 Å². The Balaban J connectivity index is 2.04. The van der Waals surface area contributed by atoms with Gasteiger partial charge in [0.05, 0.1) is 19.0 Å². The van der Waals surface area contributed by atoms with E-state index >= 15 is 0 Å². The van der Waals surface area contributed by atoms with E-state index in [1.54, 1.807) is 6.92 Å². The van der Waals surface area contributed by atoms with Gasteiger partial charge in [-0.1, -0.05) is 0 Å². The molecule has 1 fully saturated rings. The normalized spacial score (nSPS) is 30.2. The van der Waals surface area contributed by atoms with E-state index in [1.807, 2.05) is 0 Å². The molecular weight excluding hydrogens is 269 g/mol. The number of aliphatic hydroxyl groups excluding tert-OH is 2. The van der Waals surface area contributed by atoms with E-state index in [4.69, 9.17) is 10.5 Å². The lowest BCUT2D eigenvalue weighted by molar-refractivity contribution is -0.115. The molecular formula is C11H14FN5O3. The van der Waals surface area contributed by atoms with Crippen molar-refractivity contribution in [1.29, 1.82) is 0 Å². The van der Waals surface area contributed by atoms with Gasteiger partial charge in [0.2, 0.25) is 0 Å². The second-order valence-corrected chi connectivity index (χ2v) is 5.00. The molecule has 108 valence electrons. The molecule has 0 aliphatic carbocycles. The topological polar surface area (TPSA) is 119 Å². The number of ether oxygens (including phenoxy) is 1. The molecule has 2 aromatic rings. The molecule has 1 aliphatic heterocycles. The van der Waals surface area contributed by atoms with Gasteiger partial charge in [-0.05, 0) is 6.92 Å². The van der Waals surface area contributed by atoms with Gasteiger partial charge in [0.15, 0.2) is 17.0 Å². The number of nitrogens with two attached hydrogens (primary N) is 1. The lowest BCUT2D eigenvalue weighted by Crippen LogP contribution is -2.39. The largest absolute Gasteiger partial charge is 0.393 e. The second-order valence-electron chi connectivity index (χ2n) is 5.00. The van der Waals surface area contributed by atoms with E-state index in [0.29, 0.717) is 0 Å². The van der Waals surface area contributed by atoms with Crippen LogP contribution in [0.2, 0.25) is 0 Å². The van der Waals surface area contributed by atoms with Crippen molar-refractivity contribution in [3.05, 3.63) is 12.4 Å². The molecule has 0 aromatic carbocycles. The van der Waals surface area contributed by atoms with Crippen LogP contribution in [0.4, 0.5) is 10.2 Å². The number of nitrogens with zero attached hydrogens (tertiary/aromatic N) is 4. The second kappa shape index (κ2) is 4.33. The Morgan fingerprint density at radius 1 is 1.60 bits per heavy atom. The maximum absolute atomic E-state index is 13.3. The summed E-state index contributed by atoms with van der Waals surface area (Å²) in [6.45, 7) is 1.27. The number of aliphatic hydroxyl groups is 2. The minimum absolute atomic E-state index is 0.0604. The predicted octanol–water partition coefficient (Wildman–Crippen LogP) is -0.422. The fourth-order valence-electron chi connectivity index (χ4n) is 2.31. The van der Waals surface area contributed by atoms with Gasteiger partial charge in [-0.15, -0.1) is 0 Å². The number of rotatable bonds is 2. The molecule has 0 bridgehead atoms. The third-order valence-corrected chi connectivity index (χ3v) is 3.58. The first-order valence-electron chi connectivity index (χ1n) is 6.07. The molecule has 9 heteroatoms. The van der Waals surface area contributed by atoms with Crippen LogP contribution in [0.15, 0.2) is 6.33 Å². The van der Waals surface area contributed by atoms with Gasteiger partial charge >= 0.3 is 6.08 Å². The highest BCUT2D eigenvalue weighted by Gasteiger charge is 2.45. The van der Waals surface area contributed by atoms with E-state index in [-0.39, 0.29) is 30.0 Å². The standard InChI is InChI=1S/C11H14FN5O3/c1-11(3-18)5(19)2-6(20-11)17-4-14-7-8(13)15-10(12)16-9(7)17/h4-6,18-19H,2-3H2,1H3,(H2,13,15,16). The molecule has 0 spiro atoms. The molecule has 20 heavy (non-hydrogen) atoms. The first-order chi connectivity index (χ1) is 9.44. The SMILES string of the molecule is CC1(CO)OC(n2cnc3c(N)nc(F)nc32)CC1O. The molecule has 1 saturated heterocycles. The van der Waals surface area contributed by atoms with Gasteiger partial charge in [0.25, 0.3) is 0 Å². The average Bonchev–Trinajstić information content (AvgIpc) is 2.92. The summed E-state index contributed by atoms with van der Waals surface area (Å²) >= 11 is 0. The zero-order valence-corrected chi connectivity index (χ0v) is 10.7. The van der Waals surface area contributed by atoms with Crippen molar-refractivity contribution in [1.82, 2.24) is 19.5 Å². The maximum atomic E-state index is 13.3. The van der Waals surface area contributed by atoms with Crippen molar-refractivity contribution in [2.75, 3.05) is 12.3 Å². The maximum Gasteiger partial charge on any atom is 0.312 e.